The summed E-state index contributed by atoms with van der Waals surface area (Å²) in [6.45, 7) is 1.94. The van der Waals surface area contributed by atoms with Crippen molar-refractivity contribution in [1.82, 2.24) is 5.43 Å². The third-order valence-electron chi connectivity index (χ3n) is 1.81. The monoisotopic (exact) mass is 225 g/mol. The van der Waals surface area contributed by atoms with E-state index in [2.05, 4.69) is 10.5 Å². The van der Waals surface area contributed by atoms with Gasteiger partial charge in [0.05, 0.1) is 5.71 Å². The van der Waals surface area contributed by atoms with Crippen molar-refractivity contribution in [1.29, 1.82) is 0 Å². The predicted molar refractivity (Wildman–Crippen MR) is 61.0 cm³/mol. The molecule has 0 heterocycles. The van der Waals surface area contributed by atoms with Crippen LogP contribution in [0.2, 0.25) is 5.02 Å². The standard InChI is InChI=1S/C10H12ClN3O/c1-2-9(13-14-10(12)15)7-3-5-8(11)6-4-7/h3-6H,2H2,1H3,(H3,12,14,15)/b13-9-. The Hall–Kier alpha value is -1.55. The van der Waals surface area contributed by atoms with E-state index in [1.807, 2.05) is 19.1 Å². The summed E-state index contributed by atoms with van der Waals surface area (Å²) in [5.74, 6) is 0. The van der Waals surface area contributed by atoms with Crippen molar-refractivity contribution in [2.24, 2.45) is 10.8 Å². The normalized spacial score (nSPS) is 11.2. The van der Waals surface area contributed by atoms with E-state index in [0.717, 1.165) is 11.3 Å². The summed E-state index contributed by atoms with van der Waals surface area (Å²) in [7, 11) is 0. The number of nitrogens with zero attached hydrogens (tertiary/aromatic N) is 1. The first-order valence-corrected chi connectivity index (χ1v) is 4.89. The highest BCUT2D eigenvalue weighted by Gasteiger charge is 2.01. The Morgan fingerprint density at radius 3 is 2.53 bits per heavy atom. The summed E-state index contributed by atoms with van der Waals surface area (Å²) >= 11 is 5.76. The van der Waals surface area contributed by atoms with E-state index < -0.39 is 6.03 Å². The lowest BCUT2D eigenvalue weighted by Gasteiger charge is -2.03. The summed E-state index contributed by atoms with van der Waals surface area (Å²) in [6.07, 6.45) is 0.696. The number of primary amides is 1. The predicted octanol–water partition coefficient (Wildman–Crippen LogP) is 2.12. The lowest BCUT2D eigenvalue weighted by Crippen LogP contribution is -2.25. The number of urea groups is 1. The Balaban J connectivity index is 2.87. The van der Waals surface area contributed by atoms with E-state index in [-0.39, 0.29) is 0 Å². The van der Waals surface area contributed by atoms with E-state index in [1.165, 1.54) is 0 Å². The van der Waals surface area contributed by atoms with Crippen LogP contribution in [0, 0.1) is 0 Å². The molecule has 0 unspecified atom stereocenters. The molecular formula is C10H12ClN3O. The second-order valence-corrected chi connectivity index (χ2v) is 3.33. The van der Waals surface area contributed by atoms with Crippen LogP contribution >= 0.6 is 11.6 Å². The van der Waals surface area contributed by atoms with Crippen LogP contribution in [0.4, 0.5) is 4.79 Å². The van der Waals surface area contributed by atoms with Gasteiger partial charge in [0.15, 0.2) is 0 Å². The van der Waals surface area contributed by atoms with Crippen molar-refractivity contribution in [3.05, 3.63) is 34.9 Å². The zero-order valence-electron chi connectivity index (χ0n) is 8.33. The number of hydrogen-bond donors (Lipinski definition) is 2. The van der Waals surface area contributed by atoms with E-state index in [9.17, 15) is 4.79 Å². The van der Waals surface area contributed by atoms with Crippen molar-refractivity contribution >= 4 is 23.3 Å². The molecule has 2 amide bonds. The van der Waals surface area contributed by atoms with E-state index in [1.54, 1.807) is 12.1 Å². The van der Waals surface area contributed by atoms with Gasteiger partial charge in [-0.05, 0) is 24.1 Å². The van der Waals surface area contributed by atoms with Gasteiger partial charge >= 0.3 is 6.03 Å². The molecule has 0 atom stereocenters. The van der Waals surface area contributed by atoms with Gasteiger partial charge in [-0.1, -0.05) is 30.7 Å². The molecule has 0 aliphatic rings. The Labute approximate surface area is 93.1 Å². The Morgan fingerprint density at radius 1 is 1.47 bits per heavy atom. The van der Waals surface area contributed by atoms with Crippen molar-refractivity contribution in [3.63, 3.8) is 0 Å². The van der Waals surface area contributed by atoms with E-state index in [0.29, 0.717) is 11.4 Å². The minimum Gasteiger partial charge on any atom is -0.350 e. The number of hydrogen-bond acceptors (Lipinski definition) is 2. The third kappa shape index (κ3) is 3.59. The molecule has 80 valence electrons. The van der Waals surface area contributed by atoms with Gasteiger partial charge in [0.25, 0.3) is 0 Å². The molecule has 0 aliphatic carbocycles. The zero-order chi connectivity index (χ0) is 11.3. The van der Waals surface area contributed by atoms with Crippen LogP contribution in [0.3, 0.4) is 0 Å². The fraction of sp³-hybridized carbons (Fsp3) is 0.200. The summed E-state index contributed by atoms with van der Waals surface area (Å²) in [5, 5.41) is 4.55. The molecule has 1 rings (SSSR count). The molecule has 4 nitrogen and oxygen atoms in total. The SMILES string of the molecule is CC/C(=N/NC(N)=O)c1ccc(Cl)cc1. The van der Waals surface area contributed by atoms with Gasteiger partial charge in [-0.25, -0.2) is 10.2 Å². The Bertz CT molecular complexity index is 373. The molecule has 1 aromatic rings. The molecule has 5 heteroatoms. The Kier molecular flexibility index (Phi) is 4.12. The van der Waals surface area contributed by atoms with Crippen molar-refractivity contribution in [2.45, 2.75) is 13.3 Å². The van der Waals surface area contributed by atoms with Crippen LogP contribution in [-0.4, -0.2) is 11.7 Å². The van der Waals surface area contributed by atoms with Gasteiger partial charge in [0.2, 0.25) is 0 Å². The van der Waals surface area contributed by atoms with Gasteiger partial charge in [-0.3, -0.25) is 0 Å². The van der Waals surface area contributed by atoms with Crippen molar-refractivity contribution in [2.75, 3.05) is 0 Å². The second-order valence-electron chi connectivity index (χ2n) is 2.89. The van der Waals surface area contributed by atoms with Gasteiger partial charge in [-0.2, -0.15) is 5.10 Å². The molecule has 0 radical (unpaired) electrons. The highest BCUT2D eigenvalue weighted by molar-refractivity contribution is 6.30. The largest absolute Gasteiger partial charge is 0.350 e. The topological polar surface area (TPSA) is 67.5 Å². The number of hydrazone groups is 1. The van der Waals surface area contributed by atoms with Crippen LogP contribution in [0.25, 0.3) is 0 Å². The number of benzene rings is 1. The first-order valence-electron chi connectivity index (χ1n) is 4.51. The Morgan fingerprint density at radius 2 is 2.07 bits per heavy atom. The highest BCUT2D eigenvalue weighted by atomic mass is 35.5. The third-order valence-corrected chi connectivity index (χ3v) is 2.07. The maximum atomic E-state index is 10.5. The van der Waals surface area contributed by atoms with Gasteiger partial charge in [0, 0.05) is 5.02 Å². The number of carbonyl (C=O) groups is 1. The first kappa shape index (κ1) is 11.5. The minimum absolute atomic E-state index is 0.664. The van der Waals surface area contributed by atoms with Crippen LogP contribution in [0.5, 0.6) is 0 Å². The molecule has 3 N–H and O–H groups in total. The maximum absolute atomic E-state index is 10.5. The number of halogens is 1. The lowest BCUT2D eigenvalue weighted by atomic mass is 10.1. The molecule has 0 saturated heterocycles. The molecular weight excluding hydrogens is 214 g/mol. The molecule has 0 spiro atoms. The number of nitrogens with two attached hydrogens (primary N) is 1. The average Bonchev–Trinajstić information content (AvgIpc) is 2.21. The number of carbonyl (C=O) groups excluding carboxylic acids is 1. The number of nitrogens with one attached hydrogen (secondary N) is 1. The van der Waals surface area contributed by atoms with Crippen molar-refractivity contribution < 1.29 is 4.79 Å². The van der Waals surface area contributed by atoms with Gasteiger partial charge in [0.1, 0.15) is 0 Å². The molecule has 1 aromatic carbocycles. The van der Waals surface area contributed by atoms with Crippen LogP contribution < -0.4 is 11.2 Å². The van der Waals surface area contributed by atoms with Crippen LogP contribution in [0.1, 0.15) is 18.9 Å². The lowest BCUT2D eigenvalue weighted by molar-refractivity contribution is 0.249. The molecule has 0 bridgehead atoms. The summed E-state index contributed by atoms with van der Waals surface area (Å²) < 4.78 is 0. The van der Waals surface area contributed by atoms with Crippen molar-refractivity contribution in [3.8, 4) is 0 Å². The fourth-order valence-electron chi connectivity index (χ4n) is 1.11. The van der Waals surface area contributed by atoms with E-state index in [4.69, 9.17) is 17.3 Å². The average molecular weight is 226 g/mol. The second kappa shape index (κ2) is 5.36. The molecule has 0 saturated carbocycles. The molecule has 0 aliphatic heterocycles. The summed E-state index contributed by atoms with van der Waals surface area (Å²) in [5.41, 5.74) is 8.79. The molecule has 0 fully saturated rings. The number of rotatable bonds is 3. The van der Waals surface area contributed by atoms with Crippen LogP contribution in [0.15, 0.2) is 29.4 Å². The van der Waals surface area contributed by atoms with Crippen LogP contribution in [-0.2, 0) is 0 Å². The zero-order valence-corrected chi connectivity index (χ0v) is 9.08. The number of amides is 2. The van der Waals surface area contributed by atoms with E-state index >= 15 is 0 Å². The summed E-state index contributed by atoms with van der Waals surface area (Å²) in [4.78, 5) is 10.5. The van der Waals surface area contributed by atoms with Gasteiger partial charge < -0.3 is 5.73 Å². The molecule has 15 heavy (non-hydrogen) atoms. The maximum Gasteiger partial charge on any atom is 0.332 e. The first-order chi connectivity index (χ1) is 7.13. The highest BCUT2D eigenvalue weighted by Crippen LogP contribution is 2.11. The summed E-state index contributed by atoms with van der Waals surface area (Å²) in [6, 6.07) is 6.55. The fourth-order valence-corrected chi connectivity index (χ4v) is 1.24. The quantitative estimate of drug-likeness (QED) is 0.601. The van der Waals surface area contributed by atoms with Gasteiger partial charge in [-0.15, -0.1) is 0 Å². The smallest absolute Gasteiger partial charge is 0.332 e. The molecule has 0 aromatic heterocycles. The minimum atomic E-state index is -0.671.